The molecule has 0 spiro atoms. The Morgan fingerprint density at radius 3 is 2.48 bits per heavy atom. The average Bonchev–Trinajstić information content (AvgIpc) is 2.72. The summed E-state index contributed by atoms with van der Waals surface area (Å²) in [6, 6.07) is 15.0. The molecule has 2 aromatic carbocycles. The molecule has 0 unspecified atom stereocenters. The van der Waals surface area contributed by atoms with E-state index in [0.29, 0.717) is 5.75 Å². The Kier molecular flexibility index (Phi) is 8.16. The number of hydrogen-bond acceptors (Lipinski definition) is 5. The summed E-state index contributed by atoms with van der Waals surface area (Å²) in [5.74, 6) is -1.14. The number of esters is 1. The maximum absolute atomic E-state index is 14.0. The number of amides is 1. The maximum Gasteiger partial charge on any atom is 0.344 e. The molecule has 0 N–H and O–H groups in total. The minimum absolute atomic E-state index is 0.00786. The third-order valence-corrected chi connectivity index (χ3v) is 4.13. The molecule has 0 atom stereocenters. The lowest BCUT2D eigenvalue weighted by Crippen LogP contribution is -2.36. The van der Waals surface area contributed by atoms with Gasteiger partial charge in [0.05, 0.1) is 18.2 Å². The highest BCUT2D eigenvalue weighted by Gasteiger charge is 2.20. The van der Waals surface area contributed by atoms with Crippen LogP contribution in [0.25, 0.3) is 0 Å². The van der Waals surface area contributed by atoms with Crippen LogP contribution in [-0.4, -0.2) is 31.6 Å². The third-order valence-electron chi connectivity index (χ3n) is 4.13. The first kappa shape index (κ1) is 21.9. The van der Waals surface area contributed by atoms with Gasteiger partial charge in [-0.05, 0) is 29.7 Å². The zero-order valence-corrected chi connectivity index (χ0v) is 16.4. The van der Waals surface area contributed by atoms with Gasteiger partial charge in [-0.25, -0.2) is 9.18 Å². The number of carbonyl (C=O) groups excluding carboxylic acids is 2. The van der Waals surface area contributed by atoms with Crippen LogP contribution in [0.5, 0.6) is 5.75 Å². The van der Waals surface area contributed by atoms with E-state index in [0.717, 1.165) is 10.5 Å². The Morgan fingerprint density at radius 2 is 1.79 bits per heavy atom. The number of carbonyl (C=O) groups is 2. The van der Waals surface area contributed by atoms with Gasteiger partial charge in [-0.1, -0.05) is 44.2 Å². The van der Waals surface area contributed by atoms with Gasteiger partial charge < -0.3 is 14.4 Å². The molecule has 1 amide bonds. The zero-order valence-electron chi connectivity index (χ0n) is 16.4. The Labute approximate surface area is 169 Å². The van der Waals surface area contributed by atoms with E-state index in [1.165, 1.54) is 18.2 Å². The van der Waals surface area contributed by atoms with Crippen LogP contribution >= 0.6 is 0 Å². The van der Waals surface area contributed by atoms with Crippen LogP contribution in [0.3, 0.4) is 0 Å². The van der Waals surface area contributed by atoms with Gasteiger partial charge in [-0.2, -0.15) is 5.26 Å². The smallest absolute Gasteiger partial charge is 0.344 e. The fourth-order valence-corrected chi connectivity index (χ4v) is 2.70. The Bertz CT molecular complexity index is 892. The van der Waals surface area contributed by atoms with Crippen molar-refractivity contribution in [3.8, 4) is 11.8 Å². The summed E-state index contributed by atoms with van der Waals surface area (Å²) in [4.78, 5) is 25.6. The number of anilines is 1. The number of ether oxygens (including phenoxy) is 2. The summed E-state index contributed by atoms with van der Waals surface area (Å²) < 4.78 is 24.5. The topological polar surface area (TPSA) is 79.6 Å². The van der Waals surface area contributed by atoms with Gasteiger partial charge >= 0.3 is 5.97 Å². The van der Waals surface area contributed by atoms with Crippen LogP contribution < -0.4 is 9.64 Å². The Morgan fingerprint density at radius 1 is 1.10 bits per heavy atom. The summed E-state index contributed by atoms with van der Waals surface area (Å²) in [6.07, 6.45) is 0.0170. The van der Waals surface area contributed by atoms with Gasteiger partial charge in [-0.3, -0.25) is 4.79 Å². The van der Waals surface area contributed by atoms with Crippen molar-refractivity contribution in [3.05, 3.63) is 59.9 Å². The number of para-hydroxylation sites is 2. The number of hydrogen-bond donors (Lipinski definition) is 0. The van der Waals surface area contributed by atoms with Crippen LogP contribution in [0, 0.1) is 17.1 Å². The summed E-state index contributed by atoms with van der Waals surface area (Å²) in [7, 11) is 0. The minimum atomic E-state index is -0.717. The molecule has 0 aliphatic rings. The summed E-state index contributed by atoms with van der Waals surface area (Å²) in [5.41, 5.74) is 0.990. The van der Waals surface area contributed by atoms with Crippen molar-refractivity contribution in [2.75, 3.05) is 24.7 Å². The molecule has 2 rings (SSSR count). The lowest BCUT2D eigenvalue weighted by molar-refractivity contribution is -0.149. The quantitative estimate of drug-likeness (QED) is 0.600. The number of halogens is 1. The molecule has 0 heterocycles. The van der Waals surface area contributed by atoms with Crippen molar-refractivity contribution in [2.24, 2.45) is 0 Å². The van der Waals surface area contributed by atoms with Crippen molar-refractivity contribution in [1.29, 1.82) is 5.26 Å². The standard InChI is InChI=1S/C22H23FN2O4/c1-16(2)17-8-3-6-11-20(17)28-15-22(27)29-14-21(26)25(13-7-12-24)19-10-5-4-9-18(19)23/h3-6,8-11,16H,7,13-15H2,1-2H3. The third kappa shape index (κ3) is 6.32. The van der Waals surface area contributed by atoms with Crippen LogP contribution in [0.4, 0.5) is 10.1 Å². The summed E-state index contributed by atoms with van der Waals surface area (Å²) in [6.45, 7) is 3.09. The highest BCUT2D eigenvalue weighted by atomic mass is 19.1. The average molecular weight is 398 g/mol. The van der Waals surface area contributed by atoms with Gasteiger partial charge in [-0.15, -0.1) is 0 Å². The highest BCUT2D eigenvalue weighted by molar-refractivity contribution is 5.95. The maximum atomic E-state index is 14.0. The second-order valence-corrected chi connectivity index (χ2v) is 6.55. The predicted molar refractivity (Wildman–Crippen MR) is 106 cm³/mol. The largest absolute Gasteiger partial charge is 0.482 e. The van der Waals surface area contributed by atoms with E-state index >= 15 is 0 Å². The fraction of sp³-hybridized carbons (Fsp3) is 0.318. The zero-order chi connectivity index (χ0) is 21.2. The summed E-state index contributed by atoms with van der Waals surface area (Å²) >= 11 is 0. The second-order valence-electron chi connectivity index (χ2n) is 6.55. The molecule has 0 aromatic heterocycles. The molecule has 7 heteroatoms. The summed E-state index contributed by atoms with van der Waals surface area (Å²) in [5, 5.41) is 8.79. The van der Waals surface area contributed by atoms with E-state index in [2.05, 4.69) is 0 Å². The fourth-order valence-electron chi connectivity index (χ4n) is 2.70. The molecule has 2 aromatic rings. The monoisotopic (exact) mass is 398 g/mol. The van der Waals surface area contributed by atoms with Crippen molar-refractivity contribution >= 4 is 17.6 Å². The SMILES string of the molecule is CC(C)c1ccccc1OCC(=O)OCC(=O)N(CCC#N)c1ccccc1F. The van der Waals surface area contributed by atoms with Crippen LogP contribution in [-0.2, 0) is 14.3 Å². The van der Waals surface area contributed by atoms with E-state index in [1.54, 1.807) is 18.2 Å². The van der Waals surface area contributed by atoms with E-state index in [1.807, 2.05) is 32.0 Å². The lowest BCUT2D eigenvalue weighted by Gasteiger charge is -2.22. The molecule has 152 valence electrons. The normalized spacial score (nSPS) is 10.3. The van der Waals surface area contributed by atoms with E-state index in [-0.39, 0.29) is 31.2 Å². The van der Waals surface area contributed by atoms with Gasteiger partial charge in [0.15, 0.2) is 13.2 Å². The van der Waals surface area contributed by atoms with Crippen LogP contribution in [0.1, 0.15) is 31.7 Å². The Balaban J connectivity index is 1.95. The Hall–Kier alpha value is -3.40. The van der Waals surface area contributed by atoms with E-state index in [9.17, 15) is 14.0 Å². The molecule has 0 saturated heterocycles. The van der Waals surface area contributed by atoms with Crippen LogP contribution in [0.2, 0.25) is 0 Å². The second kappa shape index (κ2) is 10.8. The number of nitriles is 1. The molecule has 0 saturated carbocycles. The molecular weight excluding hydrogens is 375 g/mol. The van der Waals surface area contributed by atoms with Gasteiger partial charge in [0, 0.05) is 6.54 Å². The van der Waals surface area contributed by atoms with Gasteiger partial charge in [0.2, 0.25) is 0 Å². The van der Waals surface area contributed by atoms with E-state index in [4.69, 9.17) is 14.7 Å². The van der Waals surface area contributed by atoms with Crippen molar-refractivity contribution < 1.29 is 23.5 Å². The molecule has 0 aliphatic carbocycles. The molecule has 6 nitrogen and oxygen atoms in total. The minimum Gasteiger partial charge on any atom is -0.482 e. The first-order chi connectivity index (χ1) is 13.9. The number of benzene rings is 2. The highest BCUT2D eigenvalue weighted by Crippen LogP contribution is 2.25. The van der Waals surface area contributed by atoms with Gasteiger partial charge in [0.1, 0.15) is 11.6 Å². The van der Waals surface area contributed by atoms with E-state index < -0.39 is 24.3 Å². The molecular formula is C22H23FN2O4. The van der Waals surface area contributed by atoms with Gasteiger partial charge in [0.25, 0.3) is 5.91 Å². The lowest BCUT2D eigenvalue weighted by atomic mass is 10.0. The molecule has 0 bridgehead atoms. The molecule has 29 heavy (non-hydrogen) atoms. The van der Waals surface area contributed by atoms with Crippen molar-refractivity contribution in [3.63, 3.8) is 0 Å². The number of rotatable bonds is 9. The molecule has 0 radical (unpaired) electrons. The van der Waals surface area contributed by atoms with Crippen LogP contribution in [0.15, 0.2) is 48.5 Å². The van der Waals surface area contributed by atoms with Crippen molar-refractivity contribution in [1.82, 2.24) is 0 Å². The van der Waals surface area contributed by atoms with Crippen molar-refractivity contribution in [2.45, 2.75) is 26.2 Å². The predicted octanol–water partition coefficient (Wildman–Crippen LogP) is 3.82. The molecule has 0 fully saturated rings. The first-order valence-corrected chi connectivity index (χ1v) is 9.23. The first-order valence-electron chi connectivity index (χ1n) is 9.23. The number of nitrogens with zero attached hydrogens (tertiary/aromatic N) is 2. The molecule has 0 aliphatic heterocycles.